The van der Waals surface area contributed by atoms with Crippen molar-refractivity contribution in [1.29, 1.82) is 0 Å². The molecular weight excluding hydrogens is 276 g/mol. The second-order valence-electron chi connectivity index (χ2n) is 4.61. The van der Waals surface area contributed by atoms with Crippen LogP contribution in [-0.2, 0) is 9.53 Å². The van der Waals surface area contributed by atoms with Crippen LogP contribution < -0.4 is 20.1 Å². The number of amides is 2. The van der Waals surface area contributed by atoms with Gasteiger partial charge in [-0.1, -0.05) is 0 Å². The summed E-state index contributed by atoms with van der Waals surface area (Å²) in [4.78, 5) is 23.7. The Morgan fingerprint density at radius 1 is 1.24 bits per heavy atom. The summed E-state index contributed by atoms with van der Waals surface area (Å²) in [7, 11) is 3.07. The highest BCUT2D eigenvalue weighted by molar-refractivity contribution is 5.97. The molecule has 2 aliphatic heterocycles. The molecule has 1 aromatic rings. The summed E-state index contributed by atoms with van der Waals surface area (Å²) < 4.78 is 15.5. The molecule has 0 saturated heterocycles. The van der Waals surface area contributed by atoms with Crippen molar-refractivity contribution in [3.63, 3.8) is 0 Å². The fourth-order valence-corrected chi connectivity index (χ4v) is 2.49. The van der Waals surface area contributed by atoms with Crippen molar-refractivity contribution in [2.24, 2.45) is 0 Å². The van der Waals surface area contributed by atoms with E-state index in [4.69, 9.17) is 14.2 Å². The molecule has 21 heavy (non-hydrogen) atoms. The summed E-state index contributed by atoms with van der Waals surface area (Å²) in [5.74, 6) is 0.703. The standard InChI is InChI=1S/C14H14N2O5/c1-19-7-3-4-10(20-2)8(5-7)12-11-9(6-21-13(11)17)15-14(18)16-12/h3-5,12H,6H2,1-2H3,(H2,15,16,18)/t12-/m0/s1. The Bertz CT molecular complexity index is 653. The smallest absolute Gasteiger partial charge is 0.338 e. The molecule has 0 aliphatic carbocycles. The molecule has 0 aromatic heterocycles. The molecule has 1 aromatic carbocycles. The molecule has 0 saturated carbocycles. The van der Waals surface area contributed by atoms with Crippen LogP contribution in [0.15, 0.2) is 29.5 Å². The number of methoxy groups -OCH3 is 2. The molecule has 1 atom stereocenters. The Morgan fingerprint density at radius 2 is 2.05 bits per heavy atom. The number of nitrogens with one attached hydrogen (secondary N) is 2. The van der Waals surface area contributed by atoms with Crippen molar-refractivity contribution in [2.75, 3.05) is 20.8 Å². The molecular formula is C14H14N2O5. The van der Waals surface area contributed by atoms with Crippen LogP contribution in [-0.4, -0.2) is 32.8 Å². The molecule has 2 N–H and O–H groups in total. The summed E-state index contributed by atoms with van der Waals surface area (Å²) in [6.07, 6.45) is 0. The van der Waals surface area contributed by atoms with Gasteiger partial charge in [0.05, 0.1) is 31.5 Å². The zero-order chi connectivity index (χ0) is 15.0. The highest BCUT2D eigenvalue weighted by atomic mass is 16.5. The van der Waals surface area contributed by atoms with Crippen LogP contribution in [0, 0.1) is 0 Å². The summed E-state index contributed by atoms with van der Waals surface area (Å²) in [5, 5.41) is 5.30. The van der Waals surface area contributed by atoms with Gasteiger partial charge in [0.1, 0.15) is 18.1 Å². The number of esters is 1. The number of carbonyl (C=O) groups excluding carboxylic acids is 2. The van der Waals surface area contributed by atoms with E-state index >= 15 is 0 Å². The third kappa shape index (κ3) is 2.16. The maximum Gasteiger partial charge on any atom is 0.338 e. The van der Waals surface area contributed by atoms with E-state index in [9.17, 15) is 9.59 Å². The lowest BCUT2D eigenvalue weighted by Gasteiger charge is -2.26. The Morgan fingerprint density at radius 3 is 2.76 bits per heavy atom. The van der Waals surface area contributed by atoms with Crippen LogP contribution in [0.5, 0.6) is 11.5 Å². The molecule has 3 rings (SSSR count). The van der Waals surface area contributed by atoms with Gasteiger partial charge in [0.15, 0.2) is 0 Å². The van der Waals surface area contributed by atoms with Gasteiger partial charge in [-0.25, -0.2) is 9.59 Å². The molecule has 0 fully saturated rings. The lowest BCUT2D eigenvalue weighted by Crippen LogP contribution is -2.44. The minimum absolute atomic E-state index is 0.0738. The van der Waals surface area contributed by atoms with Crippen molar-refractivity contribution in [3.05, 3.63) is 35.0 Å². The van der Waals surface area contributed by atoms with Crippen molar-refractivity contribution in [3.8, 4) is 11.5 Å². The lowest BCUT2D eigenvalue weighted by molar-refractivity contribution is -0.136. The number of urea groups is 1. The third-order valence-corrected chi connectivity index (χ3v) is 3.47. The molecule has 7 nitrogen and oxygen atoms in total. The van der Waals surface area contributed by atoms with E-state index in [-0.39, 0.29) is 12.6 Å². The number of cyclic esters (lactones) is 1. The summed E-state index contributed by atoms with van der Waals surface area (Å²) >= 11 is 0. The SMILES string of the molecule is COc1ccc(OC)c([C@@H]2NC(=O)NC3=C2C(=O)OC3)c1. The average molecular weight is 290 g/mol. The van der Waals surface area contributed by atoms with Gasteiger partial charge >= 0.3 is 12.0 Å². The molecule has 0 radical (unpaired) electrons. The van der Waals surface area contributed by atoms with Crippen LogP contribution >= 0.6 is 0 Å². The van der Waals surface area contributed by atoms with Crippen LogP contribution in [0.3, 0.4) is 0 Å². The van der Waals surface area contributed by atoms with E-state index in [1.54, 1.807) is 25.3 Å². The molecule has 2 amide bonds. The van der Waals surface area contributed by atoms with E-state index in [0.29, 0.717) is 28.3 Å². The fraction of sp³-hybridized carbons (Fsp3) is 0.286. The molecule has 7 heteroatoms. The van der Waals surface area contributed by atoms with Gasteiger partial charge in [-0.05, 0) is 18.2 Å². The lowest BCUT2D eigenvalue weighted by atomic mass is 9.95. The maximum absolute atomic E-state index is 11.9. The first-order chi connectivity index (χ1) is 10.1. The van der Waals surface area contributed by atoms with Crippen LogP contribution in [0.4, 0.5) is 4.79 Å². The second-order valence-corrected chi connectivity index (χ2v) is 4.61. The van der Waals surface area contributed by atoms with E-state index in [2.05, 4.69) is 10.6 Å². The topological polar surface area (TPSA) is 85.9 Å². The van der Waals surface area contributed by atoms with Crippen molar-refractivity contribution in [1.82, 2.24) is 10.6 Å². The molecule has 2 aliphatic rings. The van der Waals surface area contributed by atoms with Gasteiger partial charge in [-0.3, -0.25) is 0 Å². The van der Waals surface area contributed by atoms with Crippen LogP contribution in [0.1, 0.15) is 11.6 Å². The Balaban J connectivity index is 2.12. The zero-order valence-corrected chi connectivity index (χ0v) is 11.6. The predicted octanol–water partition coefficient (Wildman–Crippen LogP) is 0.869. The number of carbonyl (C=O) groups is 2. The minimum atomic E-state index is -0.631. The highest BCUT2D eigenvalue weighted by Gasteiger charge is 2.39. The normalized spacial score (nSPS) is 20.4. The van der Waals surface area contributed by atoms with E-state index in [1.165, 1.54) is 7.11 Å². The molecule has 0 bridgehead atoms. The molecule has 0 unspecified atom stereocenters. The Kier molecular flexibility index (Phi) is 3.17. The number of benzene rings is 1. The summed E-state index contributed by atoms with van der Waals surface area (Å²) in [6, 6.07) is 4.18. The Hall–Kier alpha value is -2.70. The van der Waals surface area contributed by atoms with Gasteiger partial charge < -0.3 is 24.8 Å². The summed E-state index contributed by atoms with van der Waals surface area (Å²) in [5.41, 5.74) is 1.51. The highest BCUT2D eigenvalue weighted by Crippen LogP contribution is 2.37. The van der Waals surface area contributed by atoms with E-state index in [1.807, 2.05) is 0 Å². The molecule has 2 heterocycles. The van der Waals surface area contributed by atoms with Crippen molar-refractivity contribution >= 4 is 12.0 Å². The average Bonchev–Trinajstić information content (AvgIpc) is 2.87. The quantitative estimate of drug-likeness (QED) is 0.807. The van der Waals surface area contributed by atoms with Crippen molar-refractivity contribution < 1.29 is 23.8 Å². The van der Waals surface area contributed by atoms with E-state index < -0.39 is 12.0 Å². The van der Waals surface area contributed by atoms with Gasteiger partial charge in [-0.2, -0.15) is 0 Å². The molecule has 110 valence electrons. The van der Waals surface area contributed by atoms with Crippen LogP contribution in [0.25, 0.3) is 0 Å². The second kappa shape index (κ2) is 5.01. The number of hydrogen-bond donors (Lipinski definition) is 2. The monoisotopic (exact) mass is 290 g/mol. The van der Waals surface area contributed by atoms with Gasteiger partial charge in [-0.15, -0.1) is 0 Å². The first-order valence-corrected chi connectivity index (χ1v) is 6.33. The molecule has 0 spiro atoms. The Labute approximate surface area is 120 Å². The third-order valence-electron chi connectivity index (χ3n) is 3.47. The minimum Gasteiger partial charge on any atom is -0.497 e. The summed E-state index contributed by atoms with van der Waals surface area (Å²) in [6.45, 7) is 0.0738. The largest absolute Gasteiger partial charge is 0.497 e. The van der Waals surface area contributed by atoms with E-state index in [0.717, 1.165) is 0 Å². The van der Waals surface area contributed by atoms with Crippen LogP contribution in [0.2, 0.25) is 0 Å². The van der Waals surface area contributed by atoms with Gasteiger partial charge in [0, 0.05) is 5.56 Å². The number of rotatable bonds is 3. The van der Waals surface area contributed by atoms with Gasteiger partial charge in [0.25, 0.3) is 0 Å². The first kappa shape index (κ1) is 13.3. The first-order valence-electron chi connectivity index (χ1n) is 6.33. The predicted molar refractivity (Wildman–Crippen MR) is 71.9 cm³/mol. The fourth-order valence-electron chi connectivity index (χ4n) is 2.49. The number of hydrogen-bond acceptors (Lipinski definition) is 5. The van der Waals surface area contributed by atoms with Crippen molar-refractivity contribution in [2.45, 2.75) is 6.04 Å². The maximum atomic E-state index is 11.9. The van der Waals surface area contributed by atoms with Gasteiger partial charge in [0.2, 0.25) is 0 Å². The number of ether oxygens (including phenoxy) is 3. The zero-order valence-electron chi connectivity index (χ0n) is 11.6.